The monoisotopic (exact) mass is 271 g/mol. The zero-order valence-electron chi connectivity index (χ0n) is 7.11. The van der Waals surface area contributed by atoms with Crippen LogP contribution < -0.4 is 0 Å². The zero-order valence-corrected chi connectivity index (χ0v) is 9.27. The molecule has 1 nitrogen and oxygen atoms in total. The van der Waals surface area contributed by atoms with E-state index in [4.69, 9.17) is 0 Å². The first-order valence-electron chi connectivity index (χ1n) is 4.09. The Labute approximate surface area is 81.8 Å². The highest BCUT2D eigenvalue weighted by atomic mass is 127. The highest BCUT2D eigenvalue weighted by Crippen LogP contribution is 2.29. The van der Waals surface area contributed by atoms with Crippen LogP contribution in [0, 0.1) is 5.92 Å². The van der Waals surface area contributed by atoms with Gasteiger partial charge in [0.25, 0.3) is 0 Å². The minimum Gasteiger partial charge on any atom is -0.247 e. The summed E-state index contributed by atoms with van der Waals surface area (Å²) in [6.07, 6.45) is 1.40. The molecule has 1 heterocycles. The predicted molar refractivity (Wildman–Crippen MR) is 53.5 cm³/mol. The van der Waals surface area contributed by atoms with Crippen LogP contribution in [0.25, 0.3) is 0 Å². The summed E-state index contributed by atoms with van der Waals surface area (Å²) in [5.41, 5.74) is -0.931. The summed E-state index contributed by atoms with van der Waals surface area (Å²) in [6, 6.07) is 0. The fraction of sp³-hybridized carbons (Fsp3) is 1.00. The van der Waals surface area contributed by atoms with Gasteiger partial charge < -0.3 is 0 Å². The van der Waals surface area contributed by atoms with E-state index in [1.807, 2.05) is 0 Å². The van der Waals surface area contributed by atoms with Crippen LogP contribution in [0.1, 0.15) is 26.7 Å². The molecule has 0 amide bonds. The van der Waals surface area contributed by atoms with Crippen molar-refractivity contribution in [1.82, 2.24) is 3.11 Å². The van der Waals surface area contributed by atoms with E-state index in [1.165, 1.54) is 0 Å². The van der Waals surface area contributed by atoms with Crippen LogP contribution >= 0.6 is 22.9 Å². The van der Waals surface area contributed by atoms with E-state index in [9.17, 15) is 4.39 Å². The summed E-state index contributed by atoms with van der Waals surface area (Å²) >= 11 is 2.28. The van der Waals surface area contributed by atoms with Gasteiger partial charge in [-0.1, -0.05) is 6.92 Å². The lowest BCUT2D eigenvalue weighted by Crippen LogP contribution is -2.20. The molecule has 0 radical (unpaired) electrons. The second-order valence-corrected chi connectivity index (χ2v) is 5.21. The van der Waals surface area contributed by atoms with Crippen molar-refractivity contribution in [3.63, 3.8) is 0 Å². The standard InChI is InChI=1S/C8H15FIN/c1-7-5-8(2,9)3-4-11(10)6-7/h7H,3-6H2,1-2H3/t7-,8?/m1/s1. The zero-order chi connectivity index (χ0) is 8.48. The van der Waals surface area contributed by atoms with E-state index < -0.39 is 5.67 Å². The fourth-order valence-corrected chi connectivity index (χ4v) is 2.59. The maximum Gasteiger partial charge on any atom is 0.109 e. The van der Waals surface area contributed by atoms with Gasteiger partial charge in [0.2, 0.25) is 0 Å². The maximum atomic E-state index is 13.5. The first kappa shape index (κ1) is 9.71. The Kier molecular flexibility index (Phi) is 3.14. The smallest absolute Gasteiger partial charge is 0.109 e. The van der Waals surface area contributed by atoms with E-state index in [2.05, 4.69) is 32.9 Å². The Balaban J connectivity index is 2.53. The van der Waals surface area contributed by atoms with E-state index in [0.717, 1.165) is 13.1 Å². The topological polar surface area (TPSA) is 3.24 Å². The predicted octanol–water partition coefficient (Wildman–Crippen LogP) is 2.80. The minimum absolute atomic E-state index is 0.490. The van der Waals surface area contributed by atoms with Gasteiger partial charge in [0.1, 0.15) is 5.67 Å². The van der Waals surface area contributed by atoms with E-state index in [0.29, 0.717) is 18.8 Å². The quantitative estimate of drug-likeness (QED) is 0.483. The van der Waals surface area contributed by atoms with E-state index in [-0.39, 0.29) is 0 Å². The van der Waals surface area contributed by atoms with Crippen molar-refractivity contribution < 1.29 is 4.39 Å². The lowest BCUT2D eigenvalue weighted by atomic mass is 9.94. The largest absolute Gasteiger partial charge is 0.247 e. The first-order valence-corrected chi connectivity index (χ1v) is 5.06. The average Bonchev–Trinajstić information content (AvgIpc) is 1.90. The van der Waals surface area contributed by atoms with Crippen molar-refractivity contribution in [3.05, 3.63) is 0 Å². The summed E-state index contributed by atoms with van der Waals surface area (Å²) in [5, 5.41) is 0. The molecular formula is C8H15FIN. The number of hydrogen-bond acceptors (Lipinski definition) is 1. The number of nitrogens with zero attached hydrogens (tertiary/aromatic N) is 1. The summed E-state index contributed by atoms with van der Waals surface area (Å²) in [5.74, 6) is 0.490. The molecule has 0 bridgehead atoms. The molecule has 66 valence electrons. The van der Waals surface area contributed by atoms with Gasteiger partial charge in [-0.05, 0) is 25.7 Å². The van der Waals surface area contributed by atoms with Crippen molar-refractivity contribution in [2.24, 2.45) is 5.92 Å². The van der Waals surface area contributed by atoms with Crippen molar-refractivity contribution in [2.45, 2.75) is 32.4 Å². The van der Waals surface area contributed by atoms with Crippen molar-refractivity contribution >= 4 is 22.9 Å². The molecule has 0 aliphatic carbocycles. The van der Waals surface area contributed by atoms with Gasteiger partial charge in [-0.25, -0.2) is 7.50 Å². The summed E-state index contributed by atoms with van der Waals surface area (Å²) < 4.78 is 15.7. The van der Waals surface area contributed by atoms with Gasteiger partial charge in [0, 0.05) is 36.0 Å². The lowest BCUT2D eigenvalue weighted by Gasteiger charge is -2.18. The number of halogens is 2. The van der Waals surface area contributed by atoms with Gasteiger partial charge in [0.15, 0.2) is 0 Å². The molecule has 0 aromatic heterocycles. The Morgan fingerprint density at radius 3 is 2.91 bits per heavy atom. The Bertz CT molecular complexity index is 138. The highest BCUT2D eigenvalue weighted by molar-refractivity contribution is 14.1. The fourth-order valence-electron chi connectivity index (χ4n) is 1.68. The molecular weight excluding hydrogens is 256 g/mol. The Morgan fingerprint density at radius 1 is 1.64 bits per heavy atom. The minimum atomic E-state index is -0.931. The van der Waals surface area contributed by atoms with Crippen molar-refractivity contribution in [2.75, 3.05) is 13.1 Å². The molecule has 2 atom stereocenters. The summed E-state index contributed by atoms with van der Waals surface area (Å²) in [6.45, 7) is 5.76. The Morgan fingerprint density at radius 2 is 2.27 bits per heavy atom. The van der Waals surface area contributed by atoms with Crippen LogP contribution in [-0.2, 0) is 0 Å². The second kappa shape index (κ2) is 3.56. The molecule has 1 rings (SSSR count). The third kappa shape index (κ3) is 3.23. The SMILES string of the molecule is C[C@H]1CN(I)CCC(C)(F)C1. The highest BCUT2D eigenvalue weighted by Gasteiger charge is 2.29. The van der Waals surface area contributed by atoms with Gasteiger partial charge in [-0.2, -0.15) is 0 Å². The van der Waals surface area contributed by atoms with Crippen LogP contribution in [-0.4, -0.2) is 21.9 Å². The molecule has 0 N–H and O–H groups in total. The van der Waals surface area contributed by atoms with Gasteiger partial charge >= 0.3 is 0 Å². The molecule has 11 heavy (non-hydrogen) atoms. The second-order valence-electron chi connectivity index (χ2n) is 3.84. The Hall–Kier alpha value is 0.620. The van der Waals surface area contributed by atoms with Gasteiger partial charge in [0.05, 0.1) is 0 Å². The van der Waals surface area contributed by atoms with Gasteiger partial charge in [-0.15, -0.1) is 0 Å². The number of rotatable bonds is 0. The van der Waals surface area contributed by atoms with Crippen LogP contribution in [0.2, 0.25) is 0 Å². The van der Waals surface area contributed by atoms with Crippen LogP contribution in [0.4, 0.5) is 4.39 Å². The maximum absolute atomic E-state index is 13.5. The average molecular weight is 271 g/mol. The number of alkyl halides is 1. The molecule has 1 unspecified atom stereocenters. The van der Waals surface area contributed by atoms with Crippen LogP contribution in [0.3, 0.4) is 0 Å². The lowest BCUT2D eigenvalue weighted by molar-refractivity contribution is 0.153. The summed E-state index contributed by atoms with van der Waals surface area (Å²) in [7, 11) is 0. The molecule has 3 heteroatoms. The molecule has 1 aliphatic heterocycles. The molecule has 1 saturated heterocycles. The van der Waals surface area contributed by atoms with E-state index >= 15 is 0 Å². The van der Waals surface area contributed by atoms with E-state index in [1.54, 1.807) is 6.92 Å². The molecule has 0 aromatic rings. The molecule has 0 aromatic carbocycles. The van der Waals surface area contributed by atoms with Crippen LogP contribution in [0.15, 0.2) is 0 Å². The van der Waals surface area contributed by atoms with Crippen LogP contribution in [0.5, 0.6) is 0 Å². The molecule has 1 fully saturated rings. The molecule has 0 spiro atoms. The third-order valence-electron chi connectivity index (χ3n) is 2.16. The normalized spacial score (nSPS) is 42.0. The first-order chi connectivity index (χ1) is 4.99. The van der Waals surface area contributed by atoms with Crippen molar-refractivity contribution in [3.8, 4) is 0 Å². The molecule has 1 aliphatic rings. The van der Waals surface area contributed by atoms with Gasteiger partial charge in [-0.3, -0.25) is 0 Å². The summed E-state index contributed by atoms with van der Waals surface area (Å²) in [4.78, 5) is 0. The third-order valence-corrected chi connectivity index (χ3v) is 3.04. The van der Waals surface area contributed by atoms with Crippen molar-refractivity contribution in [1.29, 1.82) is 0 Å². The number of hydrogen-bond donors (Lipinski definition) is 0. The molecule has 0 saturated carbocycles.